The van der Waals surface area contributed by atoms with Crippen LogP contribution < -0.4 is 10.5 Å². The fourth-order valence-corrected chi connectivity index (χ4v) is 3.60. The number of nitrogens with one attached hydrogen (secondary N) is 1. The van der Waals surface area contributed by atoms with Gasteiger partial charge in [0, 0.05) is 28.4 Å². The lowest BCUT2D eigenvalue weighted by atomic mass is 9.96. The minimum Gasteiger partial charge on any atom is -0.484 e. The molecule has 1 amide bonds. The Labute approximate surface area is 199 Å². The maximum absolute atomic E-state index is 11.0. The van der Waals surface area contributed by atoms with Gasteiger partial charge >= 0.3 is 0 Å². The molecule has 0 bridgehead atoms. The number of carbonyl (C=O) groups is 1. The van der Waals surface area contributed by atoms with Crippen LogP contribution in [0, 0.1) is 13.8 Å². The highest BCUT2D eigenvalue weighted by Gasteiger charge is 2.24. The number of nitrogens with zero attached hydrogens (tertiary/aromatic N) is 3. The maximum atomic E-state index is 11.0. The van der Waals surface area contributed by atoms with Crippen LogP contribution in [0.5, 0.6) is 5.75 Å². The number of amides is 1. The Morgan fingerprint density at radius 3 is 2.41 bits per heavy atom. The fourth-order valence-electron chi connectivity index (χ4n) is 3.60. The molecular weight excluding hydrogens is 426 g/mol. The van der Waals surface area contributed by atoms with Crippen LogP contribution in [-0.4, -0.2) is 32.4 Å². The van der Waals surface area contributed by atoms with Gasteiger partial charge in [-0.05, 0) is 61.9 Å². The number of carbonyl (C=O) groups excluding carboxylic acids is 1. The topological polar surface area (TPSA) is 107 Å². The highest BCUT2D eigenvalue weighted by Crippen LogP contribution is 2.35. The van der Waals surface area contributed by atoms with Gasteiger partial charge in [0.1, 0.15) is 11.6 Å². The number of ether oxygens (including phenoxy) is 1. The normalized spacial score (nSPS) is 11.4. The van der Waals surface area contributed by atoms with E-state index in [0.717, 1.165) is 51.0 Å². The number of benzene rings is 1. The van der Waals surface area contributed by atoms with Gasteiger partial charge in [-0.25, -0.2) is 4.98 Å². The van der Waals surface area contributed by atoms with Crippen molar-refractivity contribution >= 4 is 5.91 Å². The van der Waals surface area contributed by atoms with E-state index in [1.165, 1.54) is 0 Å². The van der Waals surface area contributed by atoms with Crippen molar-refractivity contribution in [3.8, 4) is 39.7 Å². The van der Waals surface area contributed by atoms with Crippen molar-refractivity contribution in [2.75, 3.05) is 6.61 Å². The Kier molecular flexibility index (Phi) is 6.20. The maximum Gasteiger partial charge on any atom is 0.255 e. The number of imidazole rings is 1. The number of rotatable bonds is 6. The summed E-state index contributed by atoms with van der Waals surface area (Å²) in [7, 11) is 0. The first-order chi connectivity index (χ1) is 16.1. The molecule has 0 saturated heterocycles. The van der Waals surface area contributed by atoms with Gasteiger partial charge in [0.05, 0.1) is 22.8 Å². The van der Waals surface area contributed by atoms with E-state index in [1.54, 1.807) is 12.1 Å². The second kappa shape index (κ2) is 9.09. The molecule has 0 fully saturated rings. The van der Waals surface area contributed by atoms with Gasteiger partial charge in [-0.15, -0.1) is 0 Å². The third kappa shape index (κ3) is 4.98. The fraction of sp³-hybridized carbons (Fsp3) is 0.259. The lowest BCUT2D eigenvalue weighted by molar-refractivity contribution is -0.119. The van der Waals surface area contributed by atoms with Crippen LogP contribution >= 0.6 is 0 Å². The van der Waals surface area contributed by atoms with Gasteiger partial charge < -0.3 is 15.5 Å². The minimum absolute atomic E-state index is 0.151. The molecule has 7 nitrogen and oxygen atoms in total. The number of nitrogens with two attached hydrogens (primary N) is 1. The number of primary amides is 1. The molecule has 3 aromatic heterocycles. The van der Waals surface area contributed by atoms with Crippen LogP contribution in [0.2, 0.25) is 0 Å². The third-order valence-corrected chi connectivity index (χ3v) is 5.45. The van der Waals surface area contributed by atoms with Crippen molar-refractivity contribution in [3.05, 3.63) is 71.8 Å². The quantitative estimate of drug-likeness (QED) is 0.426. The molecule has 1 aromatic carbocycles. The van der Waals surface area contributed by atoms with E-state index in [4.69, 9.17) is 20.4 Å². The monoisotopic (exact) mass is 455 g/mol. The Bertz CT molecular complexity index is 1330. The molecule has 0 atom stereocenters. The van der Waals surface area contributed by atoms with Gasteiger partial charge in [0.2, 0.25) is 0 Å². The summed E-state index contributed by atoms with van der Waals surface area (Å²) in [5.74, 6) is 0.959. The molecule has 0 radical (unpaired) electrons. The van der Waals surface area contributed by atoms with Crippen LogP contribution in [0.15, 0.2) is 54.7 Å². The molecular formula is C27H29N5O2. The summed E-state index contributed by atoms with van der Waals surface area (Å²) in [6, 6.07) is 15.5. The molecule has 3 N–H and O–H groups in total. The van der Waals surface area contributed by atoms with E-state index in [2.05, 4.69) is 36.8 Å². The summed E-state index contributed by atoms with van der Waals surface area (Å²) in [6.45, 7) is 10.3. The number of pyridine rings is 2. The summed E-state index contributed by atoms with van der Waals surface area (Å²) < 4.78 is 5.36. The third-order valence-electron chi connectivity index (χ3n) is 5.45. The minimum atomic E-state index is -0.513. The molecule has 0 spiro atoms. The van der Waals surface area contributed by atoms with Crippen molar-refractivity contribution in [2.24, 2.45) is 5.73 Å². The first-order valence-electron chi connectivity index (χ1n) is 11.1. The lowest BCUT2D eigenvalue weighted by Gasteiger charge is -2.14. The van der Waals surface area contributed by atoms with Crippen molar-refractivity contribution < 1.29 is 9.53 Å². The van der Waals surface area contributed by atoms with E-state index < -0.39 is 5.91 Å². The Balaban J connectivity index is 1.79. The molecule has 4 aromatic rings. The van der Waals surface area contributed by atoms with E-state index in [9.17, 15) is 4.79 Å². The number of hydrogen-bond acceptors (Lipinski definition) is 5. The first-order valence-corrected chi connectivity index (χ1v) is 11.1. The molecule has 0 aliphatic rings. The number of aromatic nitrogens is 4. The molecule has 7 heteroatoms. The van der Waals surface area contributed by atoms with Gasteiger partial charge in [-0.2, -0.15) is 0 Å². The predicted molar refractivity (Wildman–Crippen MR) is 133 cm³/mol. The predicted octanol–water partition coefficient (Wildman–Crippen LogP) is 4.98. The van der Waals surface area contributed by atoms with Crippen molar-refractivity contribution in [2.45, 2.75) is 40.0 Å². The molecule has 0 unspecified atom stereocenters. The molecule has 174 valence electrons. The van der Waals surface area contributed by atoms with E-state index in [-0.39, 0.29) is 12.0 Å². The molecule has 0 aliphatic carbocycles. The van der Waals surface area contributed by atoms with Gasteiger partial charge in [-0.3, -0.25) is 14.8 Å². The average Bonchev–Trinajstić information content (AvgIpc) is 3.24. The van der Waals surface area contributed by atoms with Crippen LogP contribution in [0.3, 0.4) is 0 Å². The summed E-state index contributed by atoms with van der Waals surface area (Å²) in [4.78, 5) is 28.9. The Hall–Kier alpha value is -4.00. The molecule has 34 heavy (non-hydrogen) atoms. The SMILES string of the molecule is Cc1cccc(-c2[nH]c(C(C)(C)C)nc2-c2cc(-c3ccc(OCC(N)=O)cc3)ncc2C)n1. The van der Waals surface area contributed by atoms with Gasteiger partial charge in [0.15, 0.2) is 6.61 Å². The van der Waals surface area contributed by atoms with Crippen LogP contribution in [0.4, 0.5) is 0 Å². The van der Waals surface area contributed by atoms with Crippen LogP contribution in [-0.2, 0) is 10.2 Å². The standard InChI is InChI=1S/C27H29N5O2/c1-16-14-29-22(18-9-11-19(12-10-18)34-15-23(28)33)13-20(16)24-25(21-8-6-7-17(2)30-21)32-26(31-24)27(3,4)5/h6-14H,15H2,1-5H3,(H2,28,33)(H,31,32). The smallest absolute Gasteiger partial charge is 0.255 e. The summed E-state index contributed by atoms with van der Waals surface area (Å²) in [6.07, 6.45) is 1.86. The lowest BCUT2D eigenvalue weighted by Crippen LogP contribution is -2.19. The second-order valence-corrected chi connectivity index (χ2v) is 9.39. The number of hydrogen-bond donors (Lipinski definition) is 2. The van der Waals surface area contributed by atoms with Crippen molar-refractivity contribution in [1.82, 2.24) is 19.9 Å². The zero-order valence-corrected chi connectivity index (χ0v) is 20.1. The molecule has 4 rings (SSSR count). The molecule has 3 heterocycles. The zero-order valence-electron chi connectivity index (χ0n) is 20.1. The Morgan fingerprint density at radius 2 is 1.76 bits per heavy atom. The number of H-pyrrole nitrogens is 1. The zero-order chi connectivity index (χ0) is 24.5. The first kappa shape index (κ1) is 23.2. The summed E-state index contributed by atoms with van der Waals surface area (Å²) in [5, 5.41) is 0. The van der Waals surface area contributed by atoms with E-state index in [1.807, 2.05) is 50.4 Å². The van der Waals surface area contributed by atoms with Gasteiger partial charge in [-0.1, -0.05) is 26.8 Å². The van der Waals surface area contributed by atoms with Crippen LogP contribution in [0.25, 0.3) is 33.9 Å². The van der Waals surface area contributed by atoms with E-state index in [0.29, 0.717) is 5.75 Å². The largest absolute Gasteiger partial charge is 0.484 e. The second-order valence-electron chi connectivity index (χ2n) is 9.39. The average molecular weight is 456 g/mol. The highest BCUT2D eigenvalue weighted by molar-refractivity contribution is 5.81. The summed E-state index contributed by atoms with van der Waals surface area (Å²) in [5.41, 5.74) is 12.3. The van der Waals surface area contributed by atoms with Gasteiger partial charge in [0.25, 0.3) is 5.91 Å². The molecule has 0 saturated carbocycles. The van der Waals surface area contributed by atoms with Crippen molar-refractivity contribution in [1.29, 1.82) is 0 Å². The highest BCUT2D eigenvalue weighted by atomic mass is 16.5. The van der Waals surface area contributed by atoms with E-state index >= 15 is 0 Å². The van der Waals surface area contributed by atoms with Crippen molar-refractivity contribution in [3.63, 3.8) is 0 Å². The number of aromatic amines is 1. The number of aryl methyl sites for hydroxylation is 2. The van der Waals surface area contributed by atoms with Crippen LogP contribution in [0.1, 0.15) is 37.9 Å². The Morgan fingerprint density at radius 1 is 1.03 bits per heavy atom. The molecule has 0 aliphatic heterocycles. The summed E-state index contributed by atoms with van der Waals surface area (Å²) >= 11 is 0.